The number of carbonyl (C=O) groups excluding carboxylic acids is 1. The van der Waals surface area contributed by atoms with E-state index in [1.54, 1.807) is 13.0 Å². The van der Waals surface area contributed by atoms with E-state index in [0.29, 0.717) is 11.3 Å². The minimum absolute atomic E-state index is 0.111. The molecule has 2 N–H and O–H groups in total. The molecule has 0 spiro atoms. The average molecular weight is 274 g/mol. The third kappa shape index (κ3) is 2.80. The lowest BCUT2D eigenvalue weighted by Gasteiger charge is -2.10. The topological polar surface area (TPSA) is 79.3 Å². The van der Waals surface area contributed by atoms with Gasteiger partial charge < -0.3 is 10.4 Å². The summed E-state index contributed by atoms with van der Waals surface area (Å²) >= 11 is 0. The van der Waals surface area contributed by atoms with Crippen molar-refractivity contribution in [3.63, 3.8) is 0 Å². The van der Waals surface area contributed by atoms with Gasteiger partial charge >= 0.3 is 5.97 Å². The van der Waals surface area contributed by atoms with Crippen LogP contribution < -0.4 is 5.32 Å². The van der Waals surface area contributed by atoms with Crippen molar-refractivity contribution in [3.05, 3.63) is 59.2 Å². The quantitative estimate of drug-likeness (QED) is 0.843. The molecule has 0 unspecified atom stereocenters. The van der Waals surface area contributed by atoms with Crippen LogP contribution in [0.3, 0.4) is 0 Å². The molecule has 6 heteroatoms. The molecule has 0 saturated heterocycles. The first-order chi connectivity index (χ1) is 9.49. The third-order valence-electron chi connectivity index (χ3n) is 2.80. The Bertz CT molecular complexity index is 669. The molecule has 0 aliphatic heterocycles. The number of nitrogens with zero attached hydrogens (tertiary/aromatic N) is 1. The van der Waals surface area contributed by atoms with Gasteiger partial charge in [0, 0.05) is 11.9 Å². The molecule has 5 nitrogen and oxygen atoms in total. The lowest BCUT2D eigenvalue weighted by atomic mass is 10.1. The first-order valence-electron chi connectivity index (χ1n) is 5.75. The van der Waals surface area contributed by atoms with Crippen LogP contribution in [0.4, 0.5) is 10.1 Å². The van der Waals surface area contributed by atoms with Gasteiger partial charge in [-0.3, -0.25) is 4.79 Å². The number of carboxylic acids is 1. The number of rotatable bonds is 3. The SMILES string of the molecule is Cc1c(NC(=O)c2ccc(F)nc2)cccc1C(=O)O. The summed E-state index contributed by atoms with van der Waals surface area (Å²) in [6.45, 7) is 1.60. The summed E-state index contributed by atoms with van der Waals surface area (Å²) in [5.41, 5.74) is 1.13. The van der Waals surface area contributed by atoms with Gasteiger partial charge in [0.1, 0.15) is 0 Å². The Labute approximate surface area is 114 Å². The van der Waals surface area contributed by atoms with Crippen molar-refractivity contribution in [1.82, 2.24) is 4.98 Å². The van der Waals surface area contributed by atoms with Crippen molar-refractivity contribution < 1.29 is 19.1 Å². The molecule has 2 rings (SSSR count). The van der Waals surface area contributed by atoms with Gasteiger partial charge in [-0.2, -0.15) is 4.39 Å². The molecule has 0 bridgehead atoms. The number of amides is 1. The van der Waals surface area contributed by atoms with E-state index in [1.165, 1.54) is 18.2 Å². The number of aromatic nitrogens is 1. The van der Waals surface area contributed by atoms with Gasteiger partial charge in [0.25, 0.3) is 5.91 Å². The molecule has 1 amide bonds. The zero-order valence-electron chi connectivity index (χ0n) is 10.6. The Hall–Kier alpha value is -2.76. The van der Waals surface area contributed by atoms with Crippen molar-refractivity contribution in [2.75, 3.05) is 5.32 Å². The first kappa shape index (κ1) is 13.7. The predicted octanol–water partition coefficient (Wildman–Crippen LogP) is 2.48. The number of anilines is 1. The number of hydrogen-bond donors (Lipinski definition) is 2. The molecule has 0 atom stereocenters. The van der Waals surface area contributed by atoms with Crippen molar-refractivity contribution in [2.45, 2.75) is 6.92 Å². The second-order valence-electron chi connectivity index (χ2n) is 4.11. The van der Waals surface area contributed by atoms with Crippen LogP contribution in [0.1, 0.15) is 26.3 Å². The largest absolute Gasteiger partial charge is 0.478 e. The van der Waals surface area contributed by atoms with Crippen LogP contribution in [0, 0.1) is 12.9 Å². The van der Waals surface area contributed by atoms with Crippen LogP contribution >= 0.6 is 0 Å². The Morgan fingerprint density at radius 2 is 2.00 bits per heavy atom. The highest BCUT2D eigenvalue weighted by Crippen LogP contribution is 2.19. The fourth-order valence-electron chi connectivity index (χ4n) is 1.71. The highest BCUT2D eigenvalue weighted by atomic mass is 19.1. The summed E-state index contributed by atoms with van der Waals surface area (Å²) < 4.78 is 12.7. The van der Waals surface area contributed by atoms with Crippen LogP contribution in [0.15, 0.2) is 36.5 Å². The summed E-state index contributed by atoms with van der Waals surface area (Å²) in [4.78, 5) is 26.3. The minimum atomic E-state index is -1.07. The molecule has 2 aromatic rings. The summed E-state index contributed by atoms with van der Waals surface area (Å²) in [6, 6.07) is 6.96. The maximum absolute atomic E-state index is 12.7. The molecular weight excluding hydrogens is 263 g/mol. The summed E-state index contributed by atoms with van der Waals surface area (Å²) in [6.07, 6.45) is 1.11. The fraction of sp³-hybridized carbons (Fsp3) is 0.0714. The molecular formula is C14H11FN2O3. The molecule has 1 aromatic carbocycles. The van der Waals surface area contributed by atoms with E-state index in [9.17, 15) is 14.0 Å². The second kappa shape index (κ2) is 5.48. The molecule has 0 aliphatic rings. The lowest BCUT2D eigenvalue weighted by molar-refractivity contribution is 0.0695. The van der Waals surface area contributed by atoms with E-state index < -0.39 is 17.8 Å². The van der Waals surface area contributed by atoms with Gasteiger partial charge in [-0.05, 0) is 36.8 Å². The molecule has 0 saturated carbocycles. The standard InChI is InChI=1S/C14H11FN2O3/c1-8-10(14(19)20)3-2-4-11(8)17-13(18)9-5-6-12(15)16-7-9/h2-7H,1H3,(H,17,18)(H,19,20). The van der Waals surface area contributed by atoms with E-state index in [4.69, 9.17) is 5.11 Å². The summed E-state index contributed by atoms with van der Waals surface area (Å²) in [5, 5.41) is 11.6. The molecule has 102 valence electrons. The number of nitrogens with one attached hydrogen (secondary N) is 1. The van der Waals surface area contributed by atoms with E-state index >= 15 is 0 Å². The highest BCUT2D eigenvalue weighted by molar-refractivity contribution is 6.05. The van der Waals surface area contributed by atoms with Crippen LogP contribution in [-0.4, -0.2) is 22.0 Å². The van der Waals surface area contributed by atoms with Gasteiger partial charge in [-0.1, -0.05) is 6.07 Å². The van der Waals surface area contributed by atoms with Gasteiger partial charge in [0.2, 0.25) is 5.95 Å². The number of halogens is 1. The molecule has 0 fully saturated rings. The second-order valence-corrected chi connectivity index (χ2v) is 4.11. The number of pyridine rings is 1. The molecule has 0 aliphatic carbocycles. The van der Waals surface area contributed by atoms with Gasteiger partial charge in [-0.15, -0.1) is 0 Å². The van der Waals surface area contributed by atoms with Crippen molar-refractivity contribution in [1.29, 1.82) is 0 Å². The number of carbonyl (C=O) groups is 2. The smallest absolute Gasteiger partial charge is 0.336 e. The van der Waals surface area contributed by atoms with Crippen LogP contribution in [0.5, 0.6) is 0 Å². The number of hydrogen-bond acceptors (Lipinski definition) is 3. The molecule has 20 heavy (non-hydrogen) atoms. The molecule has 1 aromatic heterocycles. The van der Waals surface area contributed by atoms with E-state index in [2.05, 4.69) is 10.3 Å². The maximum Gasteiger partial charge on any atom is 0.336 e. The van der Waals surface area contributed by atoms with Crippen LogP contribution in [-0.2, 0) is 0 Å². The Balaban J connectivity index is 2.26. The Kier molecular flexibility index (Phi) is 3.74. The van der Waals surface area contributed by atoms with Crippen molar-refractivity contribution >= 4 is 17.6 Å². The first-order valence-corrected chi connectivity index (χ1v) is 5.75. The zero-order valence-corrected chi connectivity index (χ0v) is 10.6. The predicted molar refractivity (Wildman–Crippen MR) is 70.3 cm³/mol. The molecule has 0 radical (unpaired) electrons. The Morgan fingerprint density at radius 1 is 1.25 bits per heavy atom. The van der Waals surface area contributed by atoms with Gasteiger partial charge in [-0.25, -0.2) is 9.78 Å². The van der Waals surface area contributed by atoms with Crippen LogP contribution in [0.25, 0.3) is 0 Å². The van der Waals surface area contributed by atoms with Crippen molar-refractivity contribution in [3.8, 4) is 0 Å². The number of benzene rings is 1. The number of carboxylic acid groups (broad SMARTS) is 1. The molecule has 1 heterocycles. The van der Waals surface area contributed by atoms with Gasteiger partial charge in [0.05, 0.1) is 11.1 Å². The maximum atomic E-state index is 12.7. The van der Waals surface area contributed by atoms with E-state index in [1.807, 2.05) is 0 Å². The van der Waals surface area contributed by atoms with Crippen LogP contribution in [0.2, 0.25) is 0 Å². The lowest BCUT2D eigenvalue weighted by Crippen LogP contribution is -2.14. The van der Waals surface area contributed by atoms with E-state index in [0.717, 1.165) is 12.3 Å². The normalized spacial score (nSPS) is 10.1. The van der Waals surface area contributed by atoms with Gasteiger partial charge in [0.15, 0.2) is 0 Å². The third-order valence-corrected chi connectivity index (χ3v) is 2.80. The summed E-state index contributed by atoms with van der Waals surface area (Å²) in [7, 11) is 0. The van der Waals surface area contributed by atoms with Crippen molar-refractivity contribution in [2.24, 2.45) is 0 Å². The Morgan fingerprint density at radius 3 is 2.60 bits per heavy atom. The minimum Gasteiger partial charge on any atom is -0.478 e. The monoisotopic (exact) mass is 274 g/mol. The average Bonchev–Trinajstić information content (AvgIpc) is 2.41. The zero-order chi connectivity index (χ0) is 14.7. The number of aromatic carboxylic acids is 1. The van der Waals surface area contributed by atoms with E-state index in [-0.39, 0.29) is 11.1 Å². The summed E-state index contributed by atoms with van der Waals surface area (Å²) in [5.74, 6) is -2.23. The highest BCUT2D eigenvalue weighted by Gasteiger charge is 2.13. The fourth-order valence-corrected chi connectivity index (χ4v) is 1.71.